The first-order valence-electron chi connectivity index (χ1n) is 5.93. The van der Waals surface area contributed by atoms with E-state index in [1.54, 1.807) is 0 Å². The first-order valence-corrected chi connectivity index (χ1v) is 5.93. The lowest BCUT2D eigenvalue weighted by molar-refractivity contribution is -0.136. The molecule has 0 unspecified atom stereocenters. The topological polar surface area (TPSA) is 92.0 Å². The van der Waals surface area contributed by atoms with Crippen LogP contribution in [0.2, 0.25) is 0 Å². The summed E-state index contributed by atoms with van der Waals surface area (Å²) in [6.07, 6.45) is 2.18. The van der Waals surface area contributed by atoms with E-state index in [0.29, 0.717) is 19.4 Å². The van der Waals surface area contributed by atoms with Crippen LogP contribution in [0.4, 0.5) is 0 Å². The van der Waals surface area contributed by atoms with Crippen molar-refractivity contribution < 1.29 is 24.5 Å². The molecule has 0 aliphatic carbocycles. The molecule has 0 bridgehead atoms. The number of rotatable bonds is 4. The minimum absolute atomic E-state index is 0.0993. The fourth-order valence-electron chi connectivity index (χ4n) is 1.94. The molecule has 1 aliphatic rings. The molecule has 7 heteroatoms. The quantitative estimate of drug-likeness (QED) is 0.634. The number of nitrogens with zero attached hydrogens (tertiary/aromatic N) is 2. The lowest BCUT2D eigenvalue weighted by Gasteiger charge is -2.16. The summed E-state index contributed by atoms with van der Waals surface area (Å²) in [7, 11) is 0. The van der Waals surface area contributed by atoms with Crippen molar-refractivity contribution in [3.05, 3.63) is 24.9 Å². The van der Waals surface area contributed by atoms with Crippen molar-refractivity contribution in [3.8, 4) is 17.5 Å². The first-order chi connectivity index (χ1) is 9.45. The molecule has 7 nitrogen and oxygen atoms in total. The zero-order chi connectivity index (χ0) is 14.9. The average molecular weight is 278 g/mol. The number of ether oxygens (including phenoxy) is 1. The first kappa shape index (κ1) is 13.7. The summed E-state index contributed by atoms with van der Waals surface area (Å²) in [6.45, 7) is 7.32. The third-order valence-electron chi connectivity index (χ3n) is 2.98. The highest BCUT2D eigenvalue weighted by molar-refractivity contribution is 5.95. The molecule has 20 heavy (non-hydrogen) atoms. The maximum absolute atomic E-state index is 11.9. The molecule has 1 aliphatic heterocycles. The van der Waals surface area contributed by atoms with Crippen LogP contribution < -0.4 is 4.74 Å². The lowest BCUT2D eigenvalue weighted by atomic mass is 10.4. The van der Waals surface area contributed by atoms with Gasteiger partial charge in [-0.15, -0.1) is 0 Å². The predicted octanol–water partition coefficient (Wildman–Crippen LogP) is 1.04. The van der Waals surface area contributed by atoms with E-state index in [4.69, 9.17) is 4.74 Å². The smallest absolute Gasteiger partial charge is 0.360 e. The number of likely N-dealkylation sites (tertiary alicyclic amines) is 1. The third kappa shape index (κ3) is 2.25. The van der Waals surface area contributed by atoms with Crippen molar-refractivity contribution in [1.82, 2.24) is 9.47 Å². The van der Waals surface area contributed by atoms with Crippen LogP contribution >= 0.6 is 0 Å². The molecule has 1 saturated heterocycles. The molecule has 0 aromatic carbocycles. The second-order valence-electron chi connectivity index (χ2n) is 4.23. The number of hydrogen-bond acceptors (Lipinski definition) is 5. The maximum Gasteiger partial charge on any atom is 0.360 e. The van der Waals surface area contributed by atoms with Crippen molar-refractivity contribution in [3.63, 3.8) is 0 Å². The molecular weight excluding hydrogens is 264 g/mol. The summed E-state index contributed by atoms with van der Waals surface area (Å²) in [5.74, 6) is -2.09. The van der Waals surface area contributed by atoms with Crippen LogP contribution in [0.1, 0.15) is 12.8 Å². The summed E-state index contributed by atoms with van der Waals surface area (Å²) in [6, 6.07) is 1.06. The fraction of sp³-hybridized carbons (Fsp3) is 0.231. The van der Waals surface area contributed by atoms with Gasteiger partial charge in [-0.2, -0.15) is 0 Å². The van der Waals surface area contributed by atoms with Crippen LogP contribution in [0, 0.1) is 0 Å². The molecule has 0 spiro atoms. The number of esters is 1. The van der Waals surface area contributed by atoms with Crippen LogP contribution in [-0.4, -0.2) is 38.1 Å². The Morgan fingerprint density at radius 1 is 1.45 bits per heavy atom. The van der Waals surface area contributed by atoms with E-state index in [2.05, 4.69) is 13.2 Å². The Hall–Kier alpha value is -2.70. The SMILES string of the molecule is C=Cn1c(O)cc(OC(=O)C(=C)N2CCCC2=O)c1O. The van der Waals surface area contributed by atoms with E-state index in [1.807, 2.05) is 0 Å². The number of carbonyl (C=O) groups is 2. The van der Waals surface area contributed by atoms with Gasteiger partial charge in [0.15, 0.2) is 5.75 Å². The average Bonchev–Trinajstić information content (AvgIpc) is 2.93. The van der Waals surface area contributed by atoms with Gasteiger partial charge in [0.25, 0.3) is 0 Å². The molecular formula is C13H14N2O5. The van der Waals surface area contributed by atoms with E-state index in [-0.39, 0.29) is 23.2 Å². The molecule has 2 heterocycles. The Balaban J connectivity index is 2.14. The Kier molecular flexibility index (Phi) is 3.51. The van der Waals surface area contributed by atoms with E-state index >= 15 is 0 Å². The number of hydrogen-bond donors (Lipinski definition) is 2. The van der Waals surface area contributed by atoms with Crippen molar-refractivity contribution in [2.75, 3.05) is 6.54 Å². The Morgan fingerprint density at radius 3 is 2.65 bits per heavy atom. The van der Waals surface area contributed by atoms with Crippen LogP contribution in [0.15, 0.2) is 24.9 Å². The number of carbonyl (C=O) groups excluding carboxylic acids is 2. The van der Waals surface area contributed by atoms with Gasteiger partial charge in [0.1, 0.15) is 5.70 Å². The zero-order valence-corrected chi connectivity index (χ0v) is 10.7. The van der Waals surface area contributed by atoms with Gasteiger partial charge in [0, 0.05) is 25.2 Å². The maximum atomic E-state index is 11.9. The van der Waals surface area contributed by atoms with E-state index in [0.717, 1.165) is 16.8 Å². The third-order valence-corrected chi connectivity index (χ3v) is 2.98. The van der Waals surface area contributed by atoms with Crippen molar-refractivity contribution in [2.24, 2.45) is 0 Å². The molecule has 1 amide bonds. The molecule has 106 valence electrons. The van der Waals surface area contributed by atoms with Gasteiger partial charge < -0.3 is 19.8 Å². The molecule has 1 fully saturated rings. The molecule has 1 aromatic heterocycles. The summed E-state index contributed by atoms with van der Waals surface area (Å²) in [5, 5.41) is 19.2. The standard InChI is InChI=1S/C13H14N2O5/c1-3-14-11(17)7-9(12(14)18)20-13(19)8(2)15-6-4-5-10(15)16/h3,7,17-18H,1-2,4-6H2. The van der Waals surface area contributed by atoms with E-state index < -0.39 is 11.8 Å². The summed E-state index contributed by atoms with van der Waals surface area (Å²) >= 11 is 0. The number of amides is 1. The zero-order valence-electron chi connectivity index (χ0n) is 10.7. The Labute approximate surface area is 115 Å². The van der Waals surface area contributed by atoms with Gasteiger partial charge in [-0.05, 0) is 6.42 Å². The second kappa shape index (κ2) is 5.12. The predicted molar refractivity (Wildman–Crippen MR) is 69.9 cm³/mol. The van der Waals surface area contributed by atoms with Gasteiger partial charge >= 0.3 is 5.97 Å². The highest BCUT2D eigenvalue weighted by atomic mass is 16.5. The molecule has 0 saturated carbocycles. The summed E-state index contributed by atoms with van der Waals surface area (Å²) in [5.41, 5.74) is -0.0993. The van der Waals surface area contributed by atoms with Crippen molar-refractivity contribution in [1.29, 1.82) is 0 Å². The minimum Gasteiger partial charge on any atom is -0.494 e. The number of aromatic nitrogens is 1. The second-order valence-corrected chi connectivity index (χ2v) is 4.23. The monoisotopic (exact) mass is 278 g/mol. The van der Waals surface area contributed by atoms with Gasteiger partial charge in [-0.3, -0.25) is 9.36 Å². The minimum atomic E-state index is -0.864. The highest BCUT2D eigenvalue weighted by Crippen LogP contribution is 2.35. The van der Waals surface area contributed by atoms with Gasteiger partial charge in [0.2, 0.25) is 17.7 Å². The Bertz CT molecular complexity index is 602. The molecule has 2 rings (SSSR count). The van der Waals surface area contributed by atoms with E-state index in [9.17, 15) is 19.8 Å². The van der Waals surface area contributed by atoms with Gasteiger partial charge in [0.05, 0.1) is 0 Å². The van der Waals surface area contributed by atoms with Gasteiger partial charge in [-0.1, -0.05) is 13.2 Å². The largest absolute Gasteiger partial charge is 0.494 e. The summed E-state index contributed by atoms with van der Waals surface area (Å²) in [4.78, 5) is 24.6. The molecule has 0 atom stereocenters. The number of aromatic hydroxyl groups is 2. The molecule has 1 aromatic rings. The van der Waals surface area contributed by atoms with Gasteiger partial charge in [-0.25, -0.2) is 4.79 Å². The van der Waals surface area contributed by atoms with Crippen molar-refractivity contribution in [2.45, 2.75) is 12.8 Å². The fourth-order valence-corrected chi connectivity index (χ4v) is 1.94. The Morgan fingerprint density at radius 2 is 2.15 bits per heavy atom. The van der Waals surface area contributed by atoms with Crippen LogP contribution in [0.5, 0.6) is 17.5 Å². The molecule has 2 N–H and O–H groups in total. The van der Waals surface area contributed by atoms with Crippen LogP contribution in [0.25, 0.3) is 6.20 Å². The van der Waals surface area contributed by atoms with Crippen molar-refractivity contribution >= 4 is 18.1 Å². The summed E-state index contributed by atoms with van der Waals surface area (Å²) < 4.78 is 5.86. The van der Waals surface area contributed by atoms with Crippen LogP contribution in [0.3, 0.4) is 0 Å². The van der Waals surface area contributed by atoms with E-state index in [1.165, 1.54) is 4.90 Å². The molecule has 0 radical (unpaired) electrons. The van der Waals surface area contributed by atoms with Crippen LogP contribution in [-0.2, 0) is 9.59 Å². The normalized spacial score (nSPS) is 14.4. The lowest BCUT2D eigenvalue weighted by Crippen LogP contribution is -2.30. The highest BCUT2D eigenvalue weighted by Gasteiger charge is 2.28.